The van der Waals surface area contributed by atoms with Gasteiger partial charge >= 0.3 is 5.97 Å². The standard InChI is InChI=1S/C16H22N2O2/c1-10-5-6-17-15(14(10)16(19)20)18(2)9-13-8-11-3-4-12(13)7-11/h5-6,11-13H,3-4,7-9H2,1-2H3,(H,19,20). The second-order valence-electron chi connectivity index (χ2n) is 6.45. The van der Waals surface area contributed by atoms with Crippen LogP contribution in [0.2, 0.25) is 0 Å². The largest absolute Gasteiger partial charge is 0.478 e. The van der Waals surface area contributed by atoms with E-state index in [9.17, 15) is 9.90 Å². The third kappa shape index (κ3) is 2.28. The number of hydrogen-bond acceptors (Lipinski definition) is 3. The zero-order chi connectivity index (χ0) is 14.3. The molecule has 0 saturated heterocycles. The van der Waals surface area contributed by atoms with Crippen LogP contribution >= 0.6 is 0 Å². The van der Waals surface area contributed by atoms with Gasteiger partial charge < -0.3 is 10.0 Å². The average molecular weight is 274 g/mol. The number of hydrogen-bond donors (Lipinski definition) is 1. The average Bonchev–Trinajstić information content (AvgIpc) is 3.00. The maximum absolute atomic E-state index is 11.4. The molecule has 2 aliphatic carbocycles. The van der Waals surface area contributed by atoms with E-state index in [0.717, 1.165) is 23.9 Å². The van der Waals surface area contributed by atoms with Crippen molar-refractivity contribution in [2.24, 2.45) is 17.8 Å². The Morgan fingerprint density at radius 2 is 2.25 bits per heavy atom. The van der Waals surface area contributed by atoms with Gasteiger partial charge in [-0.1, -0.05) is 6.42 Å². The van der Waals surface area contributed by atoms with Crippen molar-refractivity contribution in [3.05, 3.63) is 23.4 Å². The van der Waals surface area contributed by atoms with Crippen LogP contribution in [0.5, 0.6) is 0 Å². The van der Waals surface area contributed by atoms with Gasteiger partial charge in [0.1, 0.15) is 11.4 Å². The lowest BCUT2D eigenvalue weighted by molar-refractivity contribution is 0.0696. The van der Waals surface area contributed by atoms with E-state index in [1.54, 1.807) is 12.3 Å². The minimum Gasteiger partial charge on any atom is -0.478 e. The number of fused-ring (bicyclic) bond motifs is 2. The smallest absolute Gasteiger partial charge is 0.339 e. The Balaban J connectivity index is 1.79. The summed E-state index contributed by atoms with van der Waals surface area (Å²) in [5, 5.41) is 9.39. The molecule has 2 bridgehead atoms. The van der Waals surface area contributed by atoms with Gasteiger partial charge in [-0.05, 0) is 55.6 Å². The normalized spacial score (nSPS) is 27.8. The minimum atomic E-state index is -0.884. The molecular weight excluding hydrogens is 252 g/mol. The van der Waals surface area contributed by atoms with Crippen LogP contribution in [0, 0.1) is 24.7 Å². The first-order chi connectivity index (χ1) is 9.56. The molecule has 4 nitrogen and oxygen atoms in total. The summed E-state index contributed by atoms with van der Waals surface area (Å²) in [4.78, 5) is 17.8. The van der Waals surface area contributed by atoms with Crippen LogP contribution < -0.4 is 4.90 Å². The first-order valence-electron chi connectivity index (χ1n) is 7.46. The van der Waals surface area contributed by atoms with Gasteiger partial charge in [0.05, 0.1) is 0 Å². The van der Waals surface area contributed by atoms with Gasteiger partial charge in [-0.25, -0.2) is 9.78 Å². The summed E-state index contributed by atoms with van der Waals surface area (Å²) in [6, 6.07) is 1.76. The highest BCUT2D eigenvalue weighted by molar-refractivity contribution is 5.94. The zero-order valence-corrected chi connectivity index (χ0v) is 12.2. The molecule has 1 heterocycles. The van der Waals surface area contributed by atoms with Crippen molar-refractivity contribution in [3.63, 3.8) is 0 Å². The molecule has 0 aromatic carbocycles. The number of nitrogens with zero attached hydrogens (tertiary/aromatic N) is 2. The minimum absolute atomic E-state index is 0.346. The van der Waals surface area contributed by atoms with Crippen molar-refractivity contribution in [2.45, 2.75) is 32.6 Å². The van der Waals surface area contributed by atoms with E-state index in [1.807, 2.05) is 18.9 Å². The highest BCUT2D eigenvalue weighted by Crippen LogP contribution is 2.48. The monoisotopic (exact) mass is 274 g/mol. The highest BCUT2D eigenvalue weighted by Gasteiger charge is 2.40. The van der Waals surface area contributed by atoms with Crippen LogP contribution in [0.3, 0.4) is 0 Å². The number of anilines is 1. The van der Waals surface area contributed by atoms with E-state index in [2.05, 4.69) is 4.98 Å². The fraction of sp³-hybridized carbons (Fsp3) is 0.625. The molecule has 1 N–H and O–H groups in total. The van der Waals surface area contributed by atoms with E-state index in [0.29, 0.717) is 17.3 Å². The number of aryl methyl sites for hydroxylation is 1. The number of rotatable bonds is 4. The number of carbonyl (C=O) groups is 1. The lowest BCUT2D eigenvalue weighted by Gasteiger charge is -2.28. The lowest BCUT2D eigenvalue weighted by atomic mass is 9.88. The van der Waals surface area contributed by atoms with Crippen LogP contribution in [0.15, 0.2) is 12.3 Å². The number of aromatic nitrogens is 1. The van der Waals surface area contributed by atoms with Gasteiger partial charge in [-0.15, -0.1) is 0 Å². The Hall–Kier alpha value is -1.58. The predicted molar refractivity (Wildman–Crippen MR) is 78.1 cm³/mol. The summed E-state index contributed by atoms with van der Waals surface area (Å²) >= 11 is 0. The summed E-state index contributed by atoms with van der Waals surface area (Å²) in [6.07, 6.45) is 7.15. The molecule has 2 fully saturated rings. The van der Waals surface area contributed by atoms with E-state index >= 15 is 0 Å². The van der Waals surface area contributed by atoms with Crippen molar-refractivity contribution in [1.82, 2.24) is 4.98 Å². The molecule has 0 aliphatic heterocycles. The number of aromatic carboxylic acids is 1. The second kappa shape index (κ2) is 5.08. The first kappa shape index (κ1) is 13.4. The SMILES string of the molecule is Cc1ccnc(N(C)CC2CC3CCC2C3)c1C(=O)O. The summed E-state index contributed by atoms with van der Waals surface area (Å²) in [5.74, 6) is 2.21. The van der Waals surface area contributed by atoms with Gasteiger partial charge in [-0.3, -0.25) is 0 Å². The molecule has 1 aromatic rings. The van der Waals surface area contributed by atoms with Crippen LogP contribution in [-0.2, 0) is 0 Å². The molecule has 4 heteroatoms. The summed E-state index contributed by atoms with van der Waals surface area (Å²) < 4.78 is 0. The van der Waals surface area contributed by atoms with E-state index in [4.69, 9.17) is 0 Å². The Bertz CT molecular complexity index is 529. The second-order valence-corrected chi connectivity index (χ2v) is 6.45. The lowest BCUT2D eigenvalue weighted by Crippen LogP contribution is -2.30. The predicted octanol–water partition coefficient (Wildman–Crippen LogP) is 2.96. The molecule has 3 unspecified atom stereocenters. The Kier molecular flexibility index (Phi) is 3.40. The maximum Gasteiger partial charge on any atom is 0.339 e. The molecule has 108 valence electrons. The van der Waals surface area contributed by atoms with Crippen molar-refractivity contribution in [3.8, 4) is 0 Å². The summed E-state index contributed by atoms with van der Waals surface area (Å²) in [6.45, 7) is 2.76. The van der Waals surface area contributed by atoms with Crippen LogP contribution in [0.25, 0.3) is 0 Å². The molecule has 0 amide bonds. The van der Waals surface area contributed by atoms with Crippen molar-refractivity contribution < 1.29 is 9.90 Å². The third-order valence-corrected chi connectivity index (χ3v) is 5.11. The fourth-order valence-electron chi connectivity index (χ4n) is 4.14. The van der Waals surface area contributed by atoms with Crippen molar-refractivity contribution in [1.29, 1.82) is 0 Å². The quantitative estimate of drug-likeness (QED) is 0.917. The van der Waals surface area contributed by atoms with Gasteiger partial charge in [0.25, 0.3) is 0 Å². The topological polar surface area (TPSA) is 53.4 Å². The molecule has 3 atom stereocenters. The summed E-state index contributed by atoms with van der Waals surface area (Å²) in [7, 11) is 1.97. The third-order valence-electron chi connectivity index (χ3n) is 5.11. The first-order valence-corrected chi connectivity index (χ1v) is 7.46. The molecule has 1 aromatic heterocycles. The van der Waals surface area contributed by atoms with E-state index < -0.39 is 5.97 Å². The molecule has 3 rings (SSSR count). The van der Waals surface area contributed by atoms with Gasteiger partial charge in [0, 0.05) is 19.8 Å². The summed E-state index contributed by atoms with van der Waals surface area (Å²) in [5.41, 5.74) is 1.13. The molecule has 0 spiro atoms. The highest BCUT2D eigenvalue weighted by atomic mass is 16.4. The van der Waals surface area contributed by atoms with Gasteiger partial charge in [0.15, 0.2) is 0 Å². The fourth-order valence-corrected chi connectivity index (χ4v) is 4.14. The molecule has 2 saturated carbocycles. The van der Waals surface area contributed by atoms with E-state index in [1.165, 1.54) is 25.7 Å². The van der Waals surface area contributed by atoms with Crippen LogP contribution in [-0.4, -0.2) is 29.7 Å². The van der Waals surface area contributed by atoms with Gasteiger partial charge in [0.2, 0.25) is 0 Å². The maximum atomic E-state index is 11.4. The Morgan fingerprint density at radius 3 is 2.85 bits per heavy atom. The number of carboxylic acid groups (broad SMARTS) is 1. The number of pyridine rings is 1. The Morgan fingerprint density at radius 1 is 1.45 bits per heavy atom. The van der Waals surface area contributed by atoms with Gasteiger partial charge in [-0.2, -0.15) is 0 Å². The van der Waals surface area contributed by atoms with E-state index in [-0.39, 0.29) is 0 Å². The van der Waals surface area contributed by atoms with Crippen LogP contribution in [0.4, 0.5) is 5.82 Å². The molecule has 2 aliphatic rings. The van der Waals surface area contributed by atoms with Crippen molar-refractivity contribution >= 4 is 11.8 Å². The molecular formula is C16H22N2O2. The molecule has 0 radical (unpaired) electrons. The van der Waals surface area contributed by atoms with Crippen molar-refractivity contribution in [2.75, 3.05) is 18.5 Å². The Labute approximate surface area is 119 Å². The zero-order valence-electron chi connectivity index (χ0n) is 12.2. The molecule has 20 heavy (non-hydrogen) atoms. The number of carboxylic acids is 1. The van der Waals surface area contributed by atoms with Crippen LogP contribution in [0.1, 0.15) is 41.6 Å².